The number of hydrogen-bond acceptors (Lipinski definition) is 3. The number of benzene rings is 7. The molecule has 10 rings (SSSR count). The first-order valence-corrected chi connectivity index (χ1v) is 17.7. The second kappa shape index (κ2) is 10.4. The Morgan fingerprint density at radius 1 is 0.429 bits per heavy atom. The lowest BCUT2D eigenvalue weighted by Gasteiger charge is -2.38. The van der Waals surface area contributed by atoms with Crippen LogP contribution in [0.3, 0.4) is 0 Å². The van der Waals surface area contributed by atoms with Gasteiger partial charge in [-0.1, -0.05) is 109 Å². The van der Waals surface area contributed by atoms with Gasteiger partial charge < -0.3 is 9.47 Å². The van der Waals surface area contributed by atoms with E-state index in [1.807, 2.05) is 11.3 Å². The lowest BCUT2D eigenvalue weighted by Crippen LogP contribution is -2.29. The fourth-order valence-electron chi connectivity index (χ4n) is 8.33. The summed E-state index contributed by atoms with van der Waals surface area (Å²) in [5.74, 6) is 3.65. The molecule has 0 fully saturated rings. The molecule has 0 saturated carbocycles. The number of thiophene rings is 1. The first kappa shape index (κ1) is 28.4. The molecule has 49 heavy (non-hydrogen) atoms. The van der Waals surface area contributed by atoms with Crippen LogP contribution < -0.4 is 9.47 Å². The van der Waals surface area contributed by atoms with E-state index in [4.69, 9.17) is 9.47 Å². The van der Waals surface area contributed by atoms with Gasteiger partial charge in [-0.15, -0.1) is 11.3 Å². The summed E-state index contributed by atoms with van der Waals surface area (Å²) in [6.07, 6.45) is 0. The number of rotatable bonds is 3. The Kier molecular flexibility index (Phi) is 6.04. The van der Waals surface area contributed by atoms with Gasteiger partial charge in [-0.3, -0.25) is 0 Å². The second-order valence-electron chi connectivity index (χ2n) is 13.5. The van der Waals surface area contributed by atoms with Crippen LogP contribution in [0.2, 0.25) is 0 Å². The normalized spacial score (nSPS) is 15.0. The molecule has 2 nitrogen and oxygen atoms in total. The van der Waals surface area contributed by atoms with E-state index in [-0.39, 0.29) is 0 Å². The van der Waals surface area contributed by atoms with Crippen molar-refractivity contribution in [3.63, 3.8) is 0 Å². The highest BCUT2D eigenvalue weighted by Crippen LogP contribution is 2.55. The summed E-state index contributed by atoms with van der Waals surface area (Å²) in [5, 5.41) is 2.55. The van der Waals surface area contributed by atoms with Gasteiger partial charge in [0.25, 0.3) is 0 Å². The highest BCUT2D eigenvalue weighted by Gasteiger charge is 2.41. The molecule has 0 bridgehead atoms. The van der Waals surface area contributed by atoms with Crippen molar-refractivity contribution in [1.82, 2.24) is 0 Å². The summed E-state index contributed by atoms with van der Waals surface area (Å²) in [6, 6.07) is 56.8. The zero-order chi connectivity index (χ0) is 32.7. The first-order valence-electron chi connectivity index (χ1n) is 16.8. The van der Waals surface area contributed by atoms with E-state index in [1.165, 1.54) is 64.7 Å². The van der Waals surface area contributed by atoms with Gasteiger partial charge in [-0.25, -0.2) is 0 Å². The zero-order valence-electron chi connectivity index (χ0n) is 27.2. The zero-order valence-corrected chi connectivity index (χ0v) is 28.1. The largest absolute Gasteiger partial charge is 0.457 e. The smallest absolute Gasteiger partial charge is 0.131 e. The van der Waals surface area contributed by atoms with Crippen molar-refractivity contribution in [2.45, 2.75) is 24.7 Å². The molecule has 0 unspecified atom stereocenters. The third-order valence-electron chi connectivity index (χ3n) is 11.0. The first-order chi connectivity index (χ1) is 24.0. The summed E-state index contributed by atoms with van der Waals surface area (Å²) in [4.78, 5) is 0. The Morgan fingerprint density at radius 2 is 0.878 bits per heavy atom. The lowest BCUT2D eigenvalue weighted by atomic mass is 9.68. The Labute approximate surface area is 289 Å². The van der Waals surface area contributed by atoms with Crippen molar-refractivity contribution in [1.29, 1.82) is 0 Å². The Bertz CT molecular complexity index is 2500. The summed E-state index contributed by atoms with van der Waals surface area (Å²) >= 11 is 1.88. The van der Waals surface area contributed by atoms with E-state index in [0.717, 1.165) is 23.0 Å². The minimum atomic E-state index is -0.431. The molecule has 0 radical (unpaired) electrons. The minimum absolute atomic E-state index is 0.391. The summed E-state index contributed by atoms with van der Waals surface area (Å²) in [5.41, 5.74) is 8.87. The monoisotopic (exact) mass is 648 g/mol. The molecular weight excluding hydrogens is 617 g/mol. The molecule has 0 saturated heterocycles. The molecule has 1 aromatic heterocycles. The molecule has 0 aliphatic carbocycles. The van der Waals surface area contributed by atoms with Gasteiger partial charge in [-0.05, 0) is 84.6 Å². The molecule has 3 heteroatoms. The number of hydrogen-bond donors (Lipinski definition) is 0. The van der Waals surface area contributed by atoms with Gasteiger partial charge in [0.1, 0.15) is 23.0 Å². The van der Waals surface area contributed by atoms with Crippen molar-refractivity contribution in [3.8, 4) is 34.1 Å². The predicted octanol–water partition coefficient (Wildman–Crippen LogP) is 12.6. The van der Waals surface area contributed by atoms with Crippen molar-refractivity contribution in [2.75, 3.05) is 0 Å². The molecule has 0 amide bonds. The maximum Gasteiger partial charge on any atom is 0.131 e. The van der Waals surface area contributed by atoms with E-state index in [2.05, 4.69) is 172 Å². The van der Waals surface area contributed by atoms with Crippen LogP contribution in [-0.4, -0.2) is 0 Å². The summed E-state index contributed by atoms with van der Waals surface area (Å²) in [6.45, 7) is 4.71. The maximum atomic E-state index is 6.50. The summed E-state index contributed by atoms with van der Waals surface area (Å²) in [7, 11) is 0. The van der Waals surface area contributed by atoms with E-state index in [0.29, 0.717) is 0 Å². The van der Waals surface area contributed by atoms with Crippen LogP contribution in [0.5, 0.6) is 23.0 Å². The van der Waals surface area contributed by atoms with Crippen LogP contribution in [0, 0.1) is 0 Å². The Morgan fingerprint density at radius 3 is 1.41 bits per heavy atom. The molecule has 8 aromatic rings. The Balaban J connectivity index is 1.28. The van der Waals surface area contributed by atoms with E-state index >= 15 is 0 Å². The second-order valence-corrected chi connectivity index (χ2v) is 14.6. The van der Waals surface area contributed by atoms with Crippen LogP contribution in [0.1, 0.15) is 47.2 Å². The van der Waals surface area contributed by atoms with E-state index in [1.54, 1.807) is 0 Å². The fraction of sp³-hybridized carbons (Fsp3) is 0.0870. The van der Waals surface area contributed by atoms with Crippen LogP contribution >= 0.6 is 11.3 Å². The van der Waals surface area contributed by atoms with Crippen LogP contribution in [0.15, 0.2) is 158 Å². The van der Waals surface area contributed by atoms with E-state index in [9.17, 15) is 0 Å². The average molecular weight is 649 g/mol. The molecule has 0 atom stereocenters. The topological polar surface area (TPSA) is 18.5 Å². The highest BCUT2D eigenvalue weighted by molar-refractivity contribution is 7.26. The van der Waals surface area contributed by atoms with Gasteiger partial charge >= 0.3 is 0 Å². The Hall–Kier alpha value is -5.64. The van der Waals surface area contributed by atoms with Gasteiger partial charge in [0.05, 0.1) is 0 Å². The molecular formula is C46H32O2S. The number of fused-ring (bicyclic) bond motifs is 7. The van der Waals surface area contributed by atoms with E-state index < -0.39 is 10.8 Å². The number of para-hydroxylation sites is 4. The van der Waals surface area contributed by atoms with Crippen molar-refractivity contribution >= 4 is 31.5 Å². The molecule has 7 aromatic carbocycles. The quantitative estimate of drug-likeness (QED) is 0.190. The van der Waals surface area contributed by atoms with Crippen LogP contribution in [-0.2, 0) is 10.8 Å². The van der Waals surface area contributed by atoms with Gasteiger partial charge in [0.15, 0.2) is 0 Å². The molecule has 0 spiro atoms. The molecule has 234 valence electrons. The van der Waals surface area contributed by atoms with Crippen molar-refractivity contribution in [3.05, 3.63) is 191 Å². The van der Waals surface area contributed by atoms with Crippen LogP contribution in [0.25, 0.3) is 31.3 Å². The van der Waals surface area contributed by atoms with Crippen molar-refractivity contribution < 1.29 is 9.47 Å². The minimum Gasteiger partial charge on any atom is -0.457 e. The SMILES string of the molecule is CC1(c2ccc3sc4c(-c5ccccc5)cc(C5(C)c6ccccc6Oc6ccccc65)cc4c3c2)c2ccccc2Oc2ccccc21. The molecule has 2 aliphatic rings. The summed E-state index contributed by atoms with van der Waals surface area (Å²) < 4.78 is 15.5. The average Bonchev–Trinajstić information content (AvgIpc) is 3.53. The lowest BCUT2D eigenvalue weighted by molar-refractivity contribution is 0.427. The standard InChI is InChI=1S/C46H32O2S/c1-45(35-16-6-10-20-39(35)47-40-21-11-7-17-36(40)45)30-24-25-43-33(26-30)34-28-31(27-32(44(34)49-43)29-14-4-3-5-15-29)46(2)37-18-8-12-22-41(37)48-42-23-13-9-19-38(42)46/h3-28H,1-2H3. The van der Waals surface area contributed by atoms with Gasteiger partial charge in [0.2, 0.25) is 0 Å². The maximum absolute atomic E-state index is 6.50. The highest BCUT2D eigenvalue weighted by atomic mass is 32.1. The third kappa shape index (κ3) is 4.00. The van der Waals surface area contributed by atoms with Gasteiger partial charge in [-0.2, -0.15) is 0 Å². The predicted molar refractivity (Wildman–Crippen MR) is 202 cm³/mol. The molecule has 0 N–H and O–H groups in total. The number of ether oxygens (including phenoxy) is 2. The van der Waals surface area contributed by atoms with Crippen molar-refractivity contribution in [2.24, 2.45) is 0 Å². The fourth-order valence-corrected chi connectivity index (χ4v) is 9.53. The molecule has 2 aliphatic heterocycles. The third-order valence-corrected chi connectivity index (χ3v) is 12.2. The molecule has 3 heterocycles. The van der Waals surface area contributed by atoms with Crippen LogP contribution in [0.4, 0.5) is 0 Å². The van der Waals surface area contributed by atoms with Gasteiger partial charge in [0, 0.05) is 53.3 Å².